The SMILES string of the molecule is O=C(CCc1ccc(S(=O)(=O)N2CCCc3ccccc32)cc1)Nc1cccc([N+](=O)[O-])c1. The number of carbonyl (C=O) groups is 1. The number of benzene rings is 3. The van der Waals surface area contributed by atoms with Gasteiger partial charge < -0.3 is 5.32 Å². The van der Waals surface area contributed by atoms with Crippen LogP contribution < -0.4 is 9.62 Å². The number of anilines is 2. The summed E-state index contributed by atoms with van der Waals surface area (Å²) in [4.78, 5) is 22.8. The number of nitrogens with one attached hydrogen (secondary N) is 1. The van der Waals surface area contributed by atoms with Crippen LogP contribution in [0.4, 0.5) is 17.1 Å². The zero-order valence-electron chi connectivity index (χ0n) is 17.8. The summed E-state index contributed by atoms with van der Waals surface area (Å²) in [6, 6.07) is 19.9. The van der Waals surface area contributed by atoms with Crippen molar-refractivity contribution in [2.45, 2.75) is 30.6 Å². The molecule has 3 aromatic carbocycles. The summed E-state index contributed by atoms with van der Waals surface area (Å²) in [6.45, 7) is 0.443. The topological polar surface area (TPSA) is 110 Å². The van der Waals surface area contributed by atoms with Gasteiger partial charge in [-0.1, -0.05) is 36.4 Å². The molecule has 3 aromatic rings. The van der Waals surface area contributed by atoms with Crippen LogP contribution in [0.3, 0.4) is 0 Å². The van der Waals surface area contributed by atoms with Gasteiger partial charge in [0.2, 0.25) is 5.91 Å². The number of fused-ring (bicyclic) bond motifs is 1. The van der Waals surface area contributed by atoms with E-state index in [-0.39, 0.29) is 22.9 Å². The van der Waals surface area contributed by atoms with Gasteiger partial charge in [0, 0.05) is 30.8 Å². The summed E-state index contributed by atoms with van der Waals surface area (Å²) in [5, 5.41) is 13.5. The molecule has 4 rings (SSSR count). The van der Waals surface area contributed by atoms with Gasteiger partial charge in [-0.2, -0.15) is 0 Å². The van der Waals surface area contributed by atoms with Gasteiger partial charge in [0.15, 0.2) is 0 Å². The predicted molar refractivity (Wildman–Crippen MR) is 126 cm³/mol. The van der Waals surface area contributed by atoms with Crippen molar-refractivity contribution in [2.24, 2.45) is 0 Å². The number of non-ortho nitro benzene ring substituents is 1. The van der Waals surface area contributed by atoms with E-state index < -0.39 is 14.9 Å². The lowest BCUT2D eigenvalue weighted by atomic mass is 10.0. The fraction of sp³-hybridized carbons (Fsp3) is 0.208. The van der Waals surface area contributed by atoms with Gasteiger partial charge in [0.05, 0.1) is 15.5 Å². The molecule has 0 saturated carbocycles. The fourth-order valence-electron chi connectivity index (χ4n) is 3.88. The van der Waals surface area contributed by atoms with E-state index in [2.05, 4.69) is 5.32 Å². The van der Waals surface area contributed by atoms with Gasteiger partial charge in [-0.25, -0.2) is 8.42 Å². The van der Waals surface area contributed by atoms with E-state index in [1.807, 2.05) is 24.3 Å². The lowest BCUT2D eigenvalue weighted by molar-refractivity contribution is -0.384. The van der Waals surface area contributed by atoms with Crippen LogP contribution >= 0.6 is 0 Å². The lowest BCUT2D eigenvalue weighted by Crippen LogP contribution is -2.35. The lowest BCUT2D eigenvalue weighted by Gasteiger charge is -2.30. The number of carbonyl (C=O) groups excluding carboxylic acids is 1. The Morgan fingerprint density at radius 3 is 2.55 bits per heavy atom. The smallest absolute Gasteiger partial charge is 0.271 e. The zero-order chi connectivity index (χ0) is 23.4. The normalized spacial score (nSPS) is 13.3. The Bertz CT molecular complexity index is 1290. The van der Waals surface area contributed by atoms with E-state index in [1.165, 1.54) is 22.5 Å². The summed E-state index contributed by atoms with van der Waals surface area (Å²) < 4.78 is 27.9. The van der Waals surface area contributed by atoms with Crippen molar-refractivity contribution in [3.8, 4) is 0 Å². The molecule has 8 nitrogen and oxygen atoms in total. The van der Waals surface area contributed by atoms with Crippen LogP contribution in [0.15, 0.2) is 77.7 Å². The summed E-state index contributed by atoms with van der Waals surface area (Å²) in [7, 11) is -3.68. The maximum atomic E-state index is 13.2. The van der Waals surface area contributed by atoms with E-state index in [4.69, 9.17) is 0 Å². The zero-order valence-corrected chi connectivity index (χ0v) is 18.6. The monoisotopic (exact) mass is 465 g/mol. The number of nitro groups is 1. The Kier molecular flexibility index (Phi) is 6.41. The third-order valence-electron chi connectivity index (χ3n) is 5.56. The highest BCUT2D eigenvalue weighted by molar-refractivity contribution is 7.92. The summed E-state index contributed by atoms with van der Waals surface area (Å²) >= 11 is 0. The van der Waals surface area contributed by atoms with Crippen molar-refractivity contribution >= 4 is 33.0 Å². The highest BCUT2D eigenvalue weighted by Gasteiger charge is 2.28. The van der Waals surface area contributed by atoms with Crippen LogP contribution in [-0.2, 0) is 27.7 Å². The van der Waals surface area contributed by atoms with Gasteiger partial charge in [0.25, 0.3) is 15.7 Å². The first-order valence-electron chi connectivity index (χ1n) is 10.6. The maximum Gasteiger partial charge on any atom is 0.271 e. The van der Waals surface area contributed by atoms with Crippen LogP contribution in [0.1, 0.15) is 24.0 Å². The number of rotatable bonds is 7. The maximum absolute atomic E-state index is 13.2. The molecule has 1 N–H and O–H groups in total. The second kappa shape index (κ2) is 9.41. The Labute approximate surface area is 192 Å². The molecule has 1 aliphatic rings. The van der Waals surface area contributed by atoms with E-state index in [0.29, 0.717) is 18.7 Å². The van der Waals surface area contributed by atoms with Crippen molar-refractivity contribution in [3.05, 3.63) is 94.0 Å². The third kappa shape index (κ3) is 5.04. The van der Waals surface area contributed by atoms with Crippen LogP contribution in [0, 0.1) is 10.1 Å². The highest BCUT2D eigenvalue weighted by Crippen LogP contribution is 2.31. The summed E-state index contributed by atoms with van der Waals surface area (Å²) in [5.74, 6) is -0.280. The molecule has 1 amide bonds. The Morgan fingerprint density at radius 1 is 1.03 bits per heavy atom. The average Bonchev–Trinajstić information content (AvgIpc) is 2.83. The minimum absolute atomic E-state index is 0.0964. The van der Waals surface area contributed by atoms with Gasteiger partial charge in [0.1, 0.15) is 0 Å². The molecule has 1 aliphatic heterocycles. The Hall–Kier alpha value is -3.72. The van der Waals surface area contributed by atoms with Crippen LogP contribution in [-0.4, -0.2) is 25.8 Å². The van der Waals surface area contributed by atoms with Crippen molar-refractivity contribution in [2.75, 3.05) is 16.2 Å². The minimum Gasteiger partial charge on any atom is -0.326 e. The molecule has 0 spiro atoms. The fourth-order valence-corrected chi connectivity index (χ4v) is 5.42. The molecule has 33 heavy (non-hydrogen) atoms. The van der Waals surface area contributed by atoms with Crippen LogP contribution in [0.2, 0.25) is 0 Å². The molecule has 0 saturated heterocycles. The largest absolute Gasteiger partial charge is 0.326 e. The van der Waals surface area contributed by atoms with E-state index in [1.54, 1.807) is 30.3 Å². The van der Waals surface area contributed by atoms with Crippen LogP contribution in [0.5, 0.6) is 0 Å². The van der Waals surface area contributed by atoms with Gasteiger partial charge in [-0.05, 0) is 54.7 Å². The Balaban J connectivity index is 1.40. The first kappa shape index (κ1) is 22.5. The standard InChI is InChI=1S/C24H23N3O5S/c28-24(25-20-7-3-8-21(17-20)27(29)30)15-12-18-10-13-22(14-11-18)33(31,32)26-16-4-6-19-5-1-2-9-23(19)26/h1-3,5,7-11,13-14,17H,4,6,12,15-16H2,(H,25,28). The molecule has 0 aliphatic carbocycles. The molecule has 0 bridgehead atoms. The molecule has 0 atom stereocenters. The molecule has 0 fully saturated rings. The van der Waals surface area contributed by atoms with Crippen molar-refractivity contribution in [1.82, 2.24) is 0 Å². The number of amides is 1. The molecule has 170 valence electrons. The molecular weight excluding hydrogens is 442 g/mol. The van der Waals surface area contributed by atoms with Crippen molar-refractivity contribution < 1.29 is 18.1 Å². The molecule has 0 aromatic heterocycles. The van der Waals surface area contributed by atoms with E-state index in [0.717, 1.165) is 29.7 Å². The first-order chi connectivity index (χ1) is 15.8. The van der Waals surface area contributed by atoms with Gasteiger partial charge in [-0.3, -0.25) is 19.2 Å². The summed E-state index contributed by atoms with van der Waals surface area (Å²) in [6.07, 6.45) is 2.20. The number of sulfonamides is 1. The second-order valence-electron chi connectivity index (χ2n) is 7.81. The first-order valence-corrected chi connectivity index (χ1v) is 12.0. The average molecular weight is 466 g/mol. The number of nitro benzene ring substituents is 1. The molecule has 1 heterocycles. The minimum atomic E-state index is -3.68. The third-order valence-corrected chi connectivity index (χ3v) is 7.39. The van der Waals surface area contributed by atoms with E-state index >= 15 is 0 Å². The number of hydrogen-bond donors (Lipinski definition) is 1. The van der Waals surface area contributed by atoms with E-state index in [9.17, 15) is 23.3 Å². The van der Waals surface area contributed by atoms with Crippen molar-refractivity contribution in [1.29, 1.82) is 0 Å². The molecule has 9 heteroatoms. The number of nitrogens with zero attached hydrogens (tertiary/aromatic N) is 2. The summed E-state index contributed by atoms with van der Waals surface area (Å²) in [5.41, 5.74) is 2.84. The molecule has 0 unspecified atom stereocenters. The molecular formula is C24H23N3O5S. The number of hydrogen-bond acceptors (Lipinski definition) is 5. The predicted octanol–water partition coefficient (Wildman–Crippen LogP) is 4.31. The number of aryl methyl sites for hydroxylation is 2. The van der Waals surface area contributed by atoms with Crippen LogP contribution in [0.25, 0.3) is 0 Å². The van der Waals surface area contributed by atoms with Gasteiger partial charge in [-0.15, -0.1) is 0 Å². The number of para-hydroxylation sites is 1. The highest BCUT2D eigenvalue weighted by atomic mass is 32.2. The quantitative estimate of drug-likeness (QED) is 0.413. The second-order valence-corrected chi connectivity index (χ2v) is 9.67. The van der Waals surface area contributed by atoms with Crippen molar-refractivity contribution in [3.63, 3.8) is 0 Å². The molecule has 0 radical (unpaired) electrons. The Morgan fingerprint density at radius 2 is 1.79 bits per heavy atom. The van der Waals surface area contributed by atoms with Gasteiger partial charge >= 0.3 is 0 Å².